The molecule has 0 amide bonds. The van der Waals surface area contributed by atoms with Crippen LogP contribution in [0, 0.1) is 0 Å². The van der Waals surface area contributed by atoms with Gasteiger partial charge in [-0.1, -0.05) is 0 Å². The van der Waals surface area contributed by atoms with E-state index in [1.54, 1.807) is 6.33 Å². The first kappa shape index (κ1) is 14.1. The molecule has 1 aliphatic rings. The molecule has 0 saturated carbocycles. The van der Waals surface area contributed by atoms with E-state index in [0.717, 1.165) is 31.1 Å². The fourth-order valence-corrected chi connectivity index (χ4v) is 2.28. The molecule has 1 unspecified atom stereocenters. The third-order valence-electron chi connectivity index (χ3n) is 3.13. The van der Waals surface area contributed by atoms with Gasteiger partial charge in [0.05, 0.1) is 0 Å². The van der Waals surface area contributed by atoms with Gasteiger partial charge in [0.2, 0.25) is 0 Å². The second kappa shape index (κ2) is 6.19. The van der Waals surface area contributed by atoms with Gasteiger partial charge >= 0.3 is 0 Å². The molecule has 5 nitrogen and oxygen atoms in total. The average molecular weight is 263 g/mol. The van der Waals surface area contributed by atoms with Crippen LogP contribution in [0.2, 0.25) is 0 Å². The lowest BCUT2D eigenvalue weighted by atomic mass is 10.1. The molecule has 0 spiro atoms. The SMILES string of the molecule is CC(C)(C)Nc1cc(NCCC2CCCN2)ncn1. The molecule has 0 aromatic carbocycles. The maximum Gasteiger partial charge on any atom is 0.131 e. The van der Waals surface area contributed by atoms with E-state index in [4.69, 9.17) is 0 Å². The first-order valence-corrected chi connectivity index (χ1v) is 7.10. The highest BCUT2D eigenvalue weighted by molar-refractivity contribution is 5.47. The summed E-state index contributed by atoms with van der Waals surface area (Å²) in [6.07, 6.45) is 5.34. The van der Waals surface area contributed by atoms with Crippen molar-refractivity contribution in [1.29, 1.82) is 0 Å². The minimum Gasteiger partial charge on any atom is -0.370 e. The average Bonchev–Trinajstić information content (AvgIpc) is 2.80. The zero-order chi connectivity index (χ0) is 13.7. The Labute approximate surface area is 115 Å². The normalized spacial score (nSPS) is 19.4. The molecule has 1 saturated heterocycles. The van der Waals surface area contributed by atoms with Gasteiger partial charge in [-0.15, -0.1) is 0 Å². The number of rotatable bonds is 5. The molecule has 106 valence electrons. The fourth-order valence-electron chi connectivity index (χ4n) is 2.28. The zero-order valence-corrected chi connectivity index (χ0v) is 12.2. The molecule has 1 fully saturated rings. The predicted molar refractivity (Wildman–Crippen MR) is 79.5 cm³/mol. The van der Waals surface area contributed by atoms with E-state index in [9.17, 15) is 0 Å². The lowest BCUT2D eigenvalue weighted by Crippen LogP contribution is -2.27. The van der Waals surface area contributed by atoms with E-state index in [1.165, 1.54) is 12.8 Å². The van der Waals surface area contributed by atoms with Crippen molar-refractivity contribution in [3.8, 4) is 0 Å². The minimum atomic E-state index is 0.0133. The van der Waals surface area contributed by atoms with Crippen molar-refractivity contribution in [3.63, 3.8) is 0 Å². The maximum atomic E-state index is 4.25. The molecule has 0 bridgehead atoms. The van der Waals surface area contributed by atoms with Gasteiger partial charge in [-0.3, -0.25) is 0 Å². The molecule has 2 rings (SSSR count). The topological polar surface area (TPSA) is 61.9 Å². The maximum absolute atomic E-state index is 4.25. The van der Waals surface area contributed by atoms with Crippen LogP contribution in [0.15, 0.2) is 12.4 Å². The summed E-state index contributed by atoms with van der Waals surface area (Å²) in [6, 6.07) is 2.63. The molecule has 1 aromatic rings. The van der Waals surface area contributed by atoms with Crippen LogP contribution in [0.25, 0.3) is 0 Å². The van der Waals surface area contributed by atoms with Crippen LogP contribution in [0.1, 0.15) is 40.0 Å². The van der Waals surface area contributed by atoms with Crippen molar-refractivity contribution in [3.05, 3.63) is 12.4 Å². The van der Waals surface area contributed by atoms with Crippen LogP contribution in [0.3, 0.4) is 0 Å². The van der Waals surface area contributed by atoms with Gasteiger partial charge in [0.25, 0.3) is 0 Å². The molecule has 2 heterocycles. The second-order valence-corrected chi connectivity index (χ2v) is 6.17. The van der Waals surface area contributed by atoms with Gasteiger partial charge in [0.1, 0.15) is 18.0 Å². The van der Waals surface area contributed by atoms with Crippen LogP contribution in [0.4, 0.5) is 11.6 Å². The van der Waals surface area contributed by atoms with E-state index in [0.29, 0.717) is 6.04 Å². The quantitative estimate of drug-likeness (QED) is 0.760. The molecule has 3 N–H and O–H groups in total. The molecule has 19 heavy (non-hydrogen) atoms. The van der Waals surface area contributed by atoms with Crippen molar-refractivity contribution in [1.82, 2.24) is 15.3 Å². The molecule has 5 heteroatoms. The van der Waals surface area contributed by atoms with Crippen molar-refractivity contribution in [2.75, 3.05) is 23.7 Å². The largest absolute Gasteiger partial charge is 0.370 e. The van der Waals surface area contributed by atoms with Gasteiger partial charge in [0, 0.05) is 24.2 Å². The standard InChI is InChI=1S/C14H25N5/c1-14(2,3)19-13-9-12(17-10-18-13)16-8-6-11-5-4-7-15-11/h9-11,15H,4-8H2,1-3H3,(H2,16,17,18,19). The zero-order valence-electron chi connectivity index (χ0n) is 12.2. The second-order valence-electron chi connectivity index (χ2n) is 6.17. The van der Waals surface area contributed by atoms with Crippen molar-refractivity contribution in [2.45, 2.75) is 51.6 Å². The number of aromatic nitrogens is 2. The van der Waals surface area contributed by atoms with E-state index >= 15 is 0 Å². The first-order valence-electron chi connectivity index (χ1n) is 7.10. The Morgan fingerprint density at radius 2 is 2.11 bits per heavy atom. The summed E-state index contributed by atoms with van der Waals surface area (Å²) in [5.41, 5.74) is 0.0133. The van der Waals surface area contributed by atoms with Crippen molar-refractivity contribution in [2.24, 2.45) is 0 Å². The summed E-state index contributed by atoms with van der Waals surface area (Å²) in [5, 5.41) is 10.2. The Bertz CT molecular complexity index is 393. The summed E-state index contributed by atoms with van der Waals surface area (Å²) in [4.78, 5) is 8.49. The Balaban J connectivity index is 1.81. The third kappa shape index (κ3) is 5.03. The van der Waals surface area contributed by atoms with Crippen LogP contribution in [-0.4, -0.2) is 34.6 Å². The highest BCUT2D eigenvalue weighted by Crippen LogP contribution is 2.15. The van der Waals surface area contributed by atoms with Crippen LogP contribution in [-0.2, 0) is 0 Å². The molecular formula is C14H25N5. The molecule has 0 aliphatic carbocycles. The van der Waals surface area contributed by atoms with Crippen molar-refractivity contribution < 1.29 is 0 Å². The number of nitrogens with zero attached hydrogens (tertiary/aromatic N) is 2. The van der Waals surface area contributed by atoms with E-state index in [-0.39, 0.29) is 5.54 Å². The molecule has 0 radical (unpaired) electrons. The fraction of sp³-hybridized carbons (Fsp3) is 0.714. The summed E-state index contributed by atoms with van der Waals surface area (Å²) in [5.74, 6) is 1.75. The number of anilines is 2. The van der Waals surface area contributed by atoms with E-state index in [2.05, 4.69) is 46.7 Å². The summed E-state index contributed by atoms with van der Waals surface area (Å²) in [6.45, 7) is 8.47. The van der Waals surface area contributed by atoms with Crippen LogP contribution < -0.4 is 16.0 Å². The highest BCUT2D eigenvalue weighted by Gasteiger charge is 2.13. The van der Waals surface area contributed by atoms with Gasteiger partial charge < -0.3 is 16.0 Å². The smallest absolute Gasteiger partial charge is 0.131 e. The van der Waals surface area contributed by atoms with Crippen LogP contribution in [0.5, 0.6) is 0 Å². The third-order valence-corrected chi connectivity index (χ3v) is 3.13. The Morgan fingerprint density at radius 3 is 2.79 bits per heavy atom. The molecular weight excluding hydrogens is 238 g/mol. The molecule has 1 aliphatic heterocycles. The lowest BCUT2D eigenvalue weighted by Gasteiger charge is -2.21. The van der Waals surface area contributed by atoms with E-state index in [1.807, 2.05) is 6.07 Å². The van der Waals surface area contributed by atoms with Crippen molar-refractivity contribution >= 4 is 11.6 Å². The summed E-state index contributed by atoms with van der Waals surface area (Å²) in [7, 11) is 0. The minimum absolute atomic E-state index is 0.0133. The Kier molecular flexibility index (Phi) is 4.58. The number of hydrogen-bond acceptors (Lipinski definition) is 5. The Hall–Kier alpha value is -1.36. The van der Waals surface area contributed by atoms with Gasteiger partial charge in [-0.2, -0.15) is 0 Å². The van der Waals surface area contributed by atoms with E-state index < -0.39 is 0 Å². The predicted octanol–water partition coefficient (Wildman–Crippen LogP) is 2.24. The molecule has 1 atom stereocenters. The van der Waals surface area contributed by atoms with Gasteiger partial charge in [-0.05, 0) is 46.6 Å². The Morgan fingerprint density at radius 1 is 1.32 bits per heavy atom. The highest BCUT2D eigenvalue weighted by atomic mass is 15.1. The van der Waals surface area contributed by atoms with Gasteiger partial charge in [-0.25, -0.2) is 9.97 Å². The van der Waals surface area contributed by atoms with Gasteiger partial charge in [0.15, 0.2) is 0 Å². The molecule has 1 aromatic heterocycles. The summed E-state index contributed by atoms with van der Waals surface area (Å²) < 4.78 is 0. The van der Waals surface area contributed by atoms with Crippen LogP contribution >= 0.6 is 0 Å². The number of nitrogens with one attached hydrogen (secondary N) is 3. The summed E-state index contributed by atoms with van der Waals surface area (Å²) >= 11 is 0. The monoisotopic (exact) mass is 263 g/mol. The first-order chi connectivity index (χ1) is 9.03. The number of hydrogen-bond donors (Lipinski definition) is 3. The lowest BCUT2D eigenvalue weighted by molar-refractivity contribution is 0.574.